The fourth-order valence-corrected chi connectivity index (χ4v) is 3.47. The first-order chi connectivity index (χ1) is 14.2. The van der Waals surface area contributed by atoms with Gasteiger partial charge in [-0.3, -0.25) is 9.36 Å². The van der Waals surface area contributed by atoms with Crippen molar-refractivity contribution in [2.24, 2.45) is 0 Å². The molecule has 1 aromatic carbocycles. The molecule has 0 atom stereocenters. The molecule has 7 nitrogen and oxygen atoms in total. The summed E-state index contributed by atoms with van der Waals surface area (Å²) < 4.78 is 39.4. The lowest BCUT2D eigenvalue weighted by molar-refractivity contribution is -0.137. The van der Waals surface area contributed by atoms with Crippen LogP contribution in [-0.2, 0) is 23.9 Å². The second-order valence-electron chi connectivity index (χ2n) is 6.09. The van der Waals surface area contributed by atoms with Gasteiger partial charge in [-0.1, -0.05) is 53.7 Å². The summed E-state index contributed by atoms with van der Waals surface area (Å²) in [4.78, 5) is 27.7. The molecular weight excluding hydrogens is 443 g/mol. The number of hydrogen-bond acceptors (Lipinski definition) is 5. The normalized spacial score (nSPS) is 11.5. The number of aromatic amines is 1. The Morgan fingerprint density at radius 3 is 2.67 bits per heavy atom. The number of benzene rings is 1. The molecule has 0 spiro atoms. The topological polar surface area (TPSA) is 92.7 Å². The van der Waals surface area contributed by atoms with E-state index in [1.54, 1.807) is 0 Å². The zero-order valence-corrected chi connectivity index (χ0v) is 16.8. The highest BCUT2D eigenvalue weighted by Crippen LogP contribution is 2.32. The van der Waals surface area contributed by atoms with Crippen LogP contribution in [0.3, 0.4) is 0 Å². The number of nitrogens with zero attached hydrogens (tertiary/aromatic N) is 3. The predicted octanol–water partition coefficient (Wildman–Crippen LogP) is 3.61. The van der Waals surface area contributed by atoms with E-state index in [1.807, 2.05) is 30.3 Å². The molecule has 30 heavy (non-hydrogen) atoms. The van der Waals surface area contributed by atoms with Crippen LogP contribution in [0.15, 0.2) is 52.5 Å². The fourth-order valence-electron chi connectivity index (χ4n) is 2.48. The molecule has 0 aliphatic rings. The minimum atomic E-state index is -4.58. The smallest absolute Gasteiger partial charge is 0.309 e. The molecule has 0 saturated carbocycles. The largest absolute Gasteiger partial charge is 0.417 e. The van der Waals surface area contributed by atoms with Gasteiger partial charge >= 0.3 is 11.9 Å². The van der Waals surface area contributed by atoms with Crippen LogP contribution in [0.2, 0.25) is 5.02 Å². The van der Waals surface area contributed by atoms with Crippen molar-refractivity contribution in [1.29, 1.82) is 0 Å². The summed E-state index contributed by atoms with van der Waals surface area (Å²) >= 11 is 6.78. The molecular formula is C18H15ClF3N5O2S. The summed E-state index contributed by atoms with van der Waals surface area (Å²) in [5.41, 5.74) is -0.373. The predicted molar refractivity (Wildman–Crippen MR) is 107 cm³/mol. The van der Waals surface area contributed by atoms with Gasteiger partial charge in [0.2, 0.25) is 5.91 Å². The van der Waals surface area contributed by atoms with Crippen LogP contribution in [0.5, 0.6) is 0 Å². The highest BCUT2D eigenvalue weighted by Gasteiger charge is 2.31. The summed E-state index contributed by atoms with van der Waals surface area (Å²) in [6.45, 7) is 0.371. The number of thioether (sulfide) groups is 1. The minimum absolute atomic E-state index is 0.144. The maximum Gasteiger partial charge on any atom is 0.417 e. The number of pyridine rings is 1. The number of aryl methyl sites for hydroxylation is 1. The molecule has 0 fully saturated rings. The average Bonchev–Trinajstić information content (AvgIpc) is 3.06. The molecule has 0 saturated heterocycles. The van der Waals surface area contributed by atoms with E-state index < -0.39 is 23.3 Å². The van der Waals surface area contributed by atoms with Crippen molar-refractivity contribution in [3.8, 4) is 0 Å². The Balaban J connectivity index is 1.60. The quantitative estimate of drug-likeness (QED) is 0.529. The Hall–Kier alpha value is -2.79. The number of carbonyl (C=O) groups is 1. The molecule has 0 bridgehead atoms. The standard InChI is InChI=1S/C18H15ClF3N5O2S/c19-13-8-12(18(20,21)22)9-23-15(13)24-14(28)10-30-17-26-25-16(29)27(17)7-6-11-4-2-1-3-5-11/h1-5,8-9H,6-7,10H2,(H,25,29)(H,23,24,28). The Kier molecular flexibility index (Phi) is 6.83. The van der Waals surface area contributed by atoms with Gasteiger partial charge in [0.05, 0.1) is 16.3 Å². The van der Waals surface area contributed by atoms with Crippen molar-refractivity contribution < 1.29 is 18.0 Å². The Labute approximate surface area is 177 Å². The van der Waals surface area contributed by atoms with Gasteiger partial charge in [-0.15, -0.1) is 5.10 Å². The Morgan fingerprint density at radius 1 is 1.27 bits per heavy atom. The number of halogens is 4. The molecule has 3 aromatic rings. The van der Waals surface area contributed by atoms with Crippen LogP contribution in [0.4, 0.5) is 19.0 Å². The molecule has 1 amide bonds. The first kappa shape index (κ1) is 21.9. The van der Waals surface area contributed by atoms with Gasteiger partial charge in [0, 0.05) is 12.7 Å². The van der Waals surface area contributed by atoms with E-state index in [1.165, 1.54) is 4.57 Å². The number of rotatable bonds is 7. The molecule has 0 unspecified atom stereocenters. The zero-order valence-electron chi connectivity index (χ0n) is 15.2. The van der Waals surface area contributed by atoms with Crippen LogP contribution in [0.25, 0.3) is 0 Å². The van der Waals surface area contributed by atoms with Crippen LogP contribution < -0.4 is 11.0 Å². The van der Waals surface area contributed by atoms with Crippen molar-refractivity contribution in [3.05, 3.63) is 69.2 Å². The summed E-state index contributed by atoms with van der Waals surface area (Å²) in [5.74, 6) is -0.882. The average molecular weight is 458 g/mol. The monoisotopic (exact) mass is 457 g/mol. The lowest BCUT2D eigenvalue weighted by Gasteiger charge is -2.10. The summed E-state index contributed by atoms with van der Waals surface area (Å²) in [7, 11) is 0. The van der Waals surface area contributed by atoms with Gasteiger partial charge in [0.1, 0.15) is 0 Å². The Bertz CT molecular complexity index is 1090. The van der Waals surface area contributed by atoms with Crippen LogP contribution in [-0.4, -0.2) is 31.4 Å². The number of aromatic nitrogens is 4. The van der Waals surface area contributed by atoms with E-state index in [0.29, 0.717) is 30.4 Å². The van der Waals surface area contributed by atoms with Crippen LogP contribution in [0, 0.1) is 0 Å². The molecule has 0 aliphatic carbocycles. The SMILES string of the molecule is O=C(CSc1n[nH]c(=O)n1CCc1ccccc1)Nc1ncc(C(F)(F)F)cc1Cl. The molecule has 2 N–H and O–H groups in total. The van der Waals surface area contributed by atoms with Gasteiger partial charge in [-0.25, -0.2) is 14.9 Å². The second-order valence-corrected chi connectivity index (χ2v) is 7.44. The summed E-state index contributed by atoms with van der Waals surface area (Å²) in [5, 5.41) is 8.58. The number of nitrogens with one attached hydrogen (secondary N) is 2. The van der Waals surface area contributed by atoms with E-state index >= 15 is 0 Å². The maximum atomic E-state index is 12.7. The first-order valence-corrected chi connectivity index (χ1v) is 9.95. The van der Waals surface area contributed by atoms with Gasteiger partial charge in [-0.2, -0.15) is 13.2 Å². The highest BCUT2D eigenvalue weighted by atomic mass is 35.5. The van der Waals surface area contributed by atoms with Crippen LogP contribution in [0.1, 0.15) is 11.1 Å². The summed E-state index contributed by atoms with van der Waals surface area (Å²) in [6, 6.07) is 10.2. The molecule has 2 heterocycles. The van der Waals surface area contributed by atoms with Crippen molar-refractivity contribution in [2.75, 3.05) is 11.1 Å². The fraction of sp³-hybridized carbons (Fsp3) is 0.222. The van der Waals surface area contributed by atoms with E-state index in [0.717, 1.165) is 17.3 Å². The van der Waals surface area contributed by atoms with Gasteiger partial charge in [0.25, 0.3) is 0 Å². The molecule has 3 rings (SSSR count). The van der Waals surface area contributed by atoms with Crippen molar-refractivity contribution in [2.45, 2.75) is 24.3 Å². The number of anilines is 1. The zero-order chi connectivity index (χ0) is 21.7. The van der Waals surface area contributed by atoms with Crippen molar-refractivity contribution in [3.63, 3.8) is 0 Å². The minimum Gasteiger partial charge on any atom is -0.309 e. The summed E-state index contributed by atoms with van der Waals surface area (Å²) in [6.07, 6.45) is -3.40. The van der Waals surface area contributed by atoms with E-state index in [9.17, 15) is 22.8 Å². The molecule has 2 aromatic heterocycles. The molecule has 0 radical (unpaired) electrons. The van der Waals surface area contributed by atoms with Gasteiger partial charge in [-0.05, 0) is 18.1 Å². The van der Waals surface area contributed by atoms with Crippen molar-refractivity contribution in [1.82, 2.24) is 19.7 Å². The first-order valence-electron chi connectivity index (χ1n) is 8.58. The van der Waals surface area contributed by atoms with Crippen molar-refractivity contribution >= 4 is 35.1 Å². The van der Waals surface area contributed by atoms with E-state index in [2.05, 4.69) is 20.5 Å². The molecule has 12 heteroatoms. The number of alkyl halides is 3. The van der Waals surface area contributed by atoms with Gasteiger partial charge in [0.15, 0.2) is 11.0 Å². The van der Waals surface area contributed by atoms with Crippen LogP contribution >= 0.6 is 23.4 Å². The third kappa shape index (κ3) is 5.63. The molecule has 158 valence electrons. The lowest BCUT2D eigenvalue weighted by Crippen LogP contribution is -2.20. The lowest BCUT2D eigenvalue weighted by atomic mass is 10.1. The third-order valence-corrected chi connectivity index (χ3v) is 5.21. The van der Waals surface area contributed by atoms with Gasteiger partial charge < -0.3 is 5.32 Å². The maximum absolute atomic E-state index is 12.7. The van der Waals surface area contributed by atoms with E-state index in [-0.39, 0.29) is 16.6 Å². The highest BCUT2D eigenvalue weighted by molar-refractivity contribution is 7.99. The molecule has 0 aliphatic heterocycles. The number of carbonyl (C=O) groups excluding carboxylic acids is 1. The van der Waals surface area contributed by atoms with E-state index in [4.69, 9.17) is 11.6 Å². The number of H-pyrrole nitrogens is 1. The Morgan fingerprint density at radius 2 is 2.00 bits per heavy atom. The number of amides is 1. The second kappa shape index (κ2) is 9.35. The third-order valence-electron chi connectivity index (χ3n) is 3.95. The number of hydrogen-bond donors (Lipinski definition) is 2.